The largest absolute Gasteiger partial charge is 0.353 e. The fourth-order valence-corrected chi connectivity index (χ4v) is 2.15. The van der Waals surface area contributed by atoms with E-state index in [1.54, 1.807) is 7.05 Å². The number of halogens is 2. The number of nitrogens with one attached hydrogen (secondary N) is 2. The van der Waals surface area contributed by atoms with Gasteiger partial charge in [0, 0.05) is 24.7 Å². The zero-order valence-electron chi connectivity index (χ0n) is 10.9. The smallest absolute Gasteiger partial charge is 0.191 e. The van der Waals surface area contributed by atoms with Crippen molar-refractivity contribution in [3.8, 4) is 0 Å². The predicted octanol–water partition coefficient (Wildman–Crippen LogP) is 3.34. The number of nitrogens with zero attached hydrogens (tertiary/aromatic N) is 1. The van der Waals surface area contributed by atoms with Gasteiger partial charge < -0.3 is 10.6 Å². The Morgan fingerprint density at radius 1 is 1.32 bits per heavy atom. The average molecular weight is 392 g/mol. The molecule has 0 bridgehead atoms. The first-order valence-electron chi connectivity index (χ1n) is 6.15. The van der Waals surface area contributed by atoms with Gasteiger partial charge in [-0.25, -0.2) is 0 Å². The van der Waals surface area contributed by atoms with Gasteiger partial charge >= 0.3 is 0 Å². The molecule has 0 amide bonds. The van der Waals surface area contributed by atoms with E-state index in [2.05, 4.69) is 27.8 Å². The number of aliphatic imine (C=N–C) groups is 1. The monoisotopic (exact) mass is 391 g/mol. The average Bonchev–Trinajstić information content (AvgIpc) is 2.89. The van der Waals surface area contributed by atoms with Crippen LogP contribution in [0.1, 0.15) is 18.4 Å². The number of rotatable bonds is 3. The predicted molar refractivity (Wildman–Crippen MR) is 92.4 cm³/mol. The minimum Gasteiger partial charge on any atom is -0.353 e. The SMILES string of the molecule is CN=C(NCc1ccccc1Cl)NC1CC=CC1.I. The Morgan fingerprint density at radius 3 is 2.63 bits per heavy atom. The lowest BCUT2D eigenvalue weighted by molar-refractivity contribution is 0.633. The fourth-order valence-electron chi connectivity index (χ4n) is 1.94. The van der Waals surface area contributed by atoms with Crippen molar-refractivity contribution < 1.29 is 0 Å². The van der Waals surface area contributed by atoms with E-state index in [0.717, 1.165) is 29.4 Å². The Hall–Kier alpha value is -0.750. The van der Waals surface area contributed by atoms with Crippen LogP contribution in [0.3, 0.4) is 0 Å². The zero-order chi connectivity index (χ0) is 12.8. The van der Waals surface area contributed by atoms with Gasteiger partial charge in [0.15, 0.2) is 5.96 Å². The van der Waals surface area contributed by atoms with Crippen LogP contribution in [-0.2, 0) is 6.54 Å². The maximum absolute atomic E-state index is 6.11. The van der Waals surface area contributed by atoms with Gasteiger partial charge in [-0.05, 0) is 24.5 Å². The quantitative estimate of drug-likeness (QED) is 0.359. The lowest BCUT2D eigenvalue weighted by Gasteiger charge is -2.17. The topological polar surface area (TPSA) is 36.4 Å². The van der Waals surface area contributed by atoms with Crippen LogP contribution in [0, 0.1) is 0 Å². The third-order valence-corrected chi connectivity index (χ3v) is 3.35. The van der Waals surface area contributed by atoms with Crippen molar-refractivity contribution in [3.05, 3.63) is 47.0 Å². The molecule has 5 heteroatoms. The van der Waals surface area contributed by atoms with E-state index in [1.807, 2.05) is 24.3 Å². The van der Waals surface area contributed by atoms with Crippen LogP contribution in [-0.4, -0.2) is 19.0 Å². The summed E-state index contributed by atoms with van der Waals surface area (Å²) in [5, 5.41) is 7.45. The van der Waals surface area contributed by atoms with Gasteiger partial charge in [0.25, 0.3) is 0 Å². The van der Waals surface area contributed by atoms with Crippen molar-refractivity contribution in [2.24, 2.45) is 4.99 Å². The molecule has 1 aliphatic rings. The summed E-state index contributed by atoms with van der Waals surface area (Å²) >= 11 is 6.11. The Kier molecular flexibility index (Phi) is 7.23. The van der Waals surface area contributed by atoms with Crippen LogP contribution in [0.4, 0.5) is 0 Å². The van der Waals surface area contributed by atoms with Gasteiger partial charge in [-0.3, -0.25) is 4.99 Å². The molecule has 1 aromatic rings. The normalized spacial score (nSPS) is 15.2. The summed E-state index contributed by atoms with van der Waals surface area (Å²) in [5.74, 6) is 0.823. The molecule has 0 atom stereocenters. The molecule has 0 fully saturated rings. The minimum absolute atomic E-state index is 0. The van der Waals surface area contributed by atoms with Gasteiger partial charge in [0.1, 0.15) is 0 Å². The number of benzene rings is 1. The summed E-state index contributed by atoms with van der Waals surface area (Å²) in [6, 6.07) is 8.29. The van der Waals surface area contributed by atoms with E-state index in [1.165, 1.54) is 0 Å². The van der Waals surface area contributed by atoms with Crippen LogP contribution >= 0.6 is 35.6 Å². The van der Waals surface area contributed by atoms with Crippen LogP contribution < -0.4 is 10.6 Å². The molecule has 0 aliphatic heterocycles. The third kappa shape index (κ3) is 5.03. The minimum atomic E-state index is 0. The maximum Gasteiger partial charge on any atom is 0.191 e. The maximum atomic E-state index is 6.11. The zero-order valence-corrected chi connectivity index (χ0v) is 14.0. The lowest BCUT2D eigenvalue weighted by atomic mass is 10.2. The van der Waals surface area contributed by atoms with E-state index >= 15 is 0 Å². The van der Waals surface area contributed by atoms with Crippen LogP contribution in [0.2, 0.25) is 5.02 Å². The Labute approximate surface area is 136 Å². The fraction of sp³-hybridized carbons (Fsp3) is 0.357. The molecule has 0 saturated carbocycles. The molecule has 104 valence electrons. The standard InChI is InChI=1S/C14H18ClN3.HI/c1-16-14(18-12-7-3-4-8-12)17-10-11-6-2-5-9-13(11)15;/h2-6,9,12H,7-8,10H2,1H3,(H2,16,17,18);1H. The van der Waals surface area contributed by atoms with E-state index in [-0.39, 0.29) is 24.0 Å². The highest BCUT2D eigenvalue weighted by Crippen LogP contribution is 2.14. The molecule has 0 aromatic heterocycles. The second kappa shape index (κ2) is 8.43. The second-order valence-electron chi connectivity index (χ2n) is 4.30. The summed E-state index contributed by atoms with van der Waals surface area (Å²) in [4.78, 5) is 4.22. The highest BCUT2D eigenvalue weighted by molar-refractivity contribution is 14.0. The van der Waals surface area contributed by atoms with Crippen LogP contribution in [0.25, 0.3) is 0 Å². The molecule has 0 saturated heterocycles. The molecule has 1 aromatic carbocycles. The van der Waals surface area contributed by atoms with Gasteiger partial charge in [-0.1, -0.05) is 42.0 Å². The van der Waals surface area contributed by atoms with Gasteiger partial charge in [-0.2, -0.15) is 0 Å². The van der Waals surface area contributed by atoms with E-state index in [0.29, 0.717) is 12.6 Å². The first-order chi connectivity index (χ1) is 8.79. The van der Waals surface area contributed by atoms with Crippen molar-refractivity contribution >= 4 is 41.5 Å². The summed E-state index contributed by atoms with van der Waals surface area (Å²) in [5.41, 5.74) is 1.08. The third-order valence-electron chi connectivity index (χ3n) is 2.98. The molecule has 0 radical (unpaired) electrons. The van der Waals surface area contributed by atoms with E-state index < -0.39 is 0 Å². The van der Waals surface area contributed by atoms with Crippen molar-refractivity contribution in [1.82, 2.24) is 10.6 Å². The lowest BCUT2D eigenvalue weighted by Crippen LogP contribution is -2.42. The first-order valence-corrected chi connectivity index (χ1v) is 6.53. The van der Waals surface area contributed by atoms with E-state index in [4.69, 9.17) is 11.6 Å². The Bertz CT molecular complexity index is 452. The van der Waals surface area contributed by atoms with Crippen LogP contribution in [0.15, 0.2) is 41.4 Å². The second-order valence-corrected chi connectivity index (χ2v) is 4.71. The number of hydrogen-bond acceptors (Lipinski definition) is 1. The molecule has 2 rings (SSSR count). The molecule has 3 nitrogen and oxygen atoms in total. The van der Waals surface area contributed by atoms with Crippen LogP contribution in [0.5, 0.6) is 0 Å². The summed E-state index contributed by atoms with van der Waals surface area (Å²) in [7, 11) is 1.78. The molecule has 1 aliphatic carbocycles. The molecular formula is C14H19ClIN3. The van der Waals surface area contributed by atoms with Crippen molar-refractivity contribution in [2.45, 2.75) is 25.4 Å². The number of hydrogen-bond donors (Lipinski definition) is 2. The molecule has 0 unspecified atom stereocenters. The van der Waals surface area contributed by atoms with Gasteiger partial charge in [-0.15, -0.1) is 24.0 Å². The first kappa shape index (κ1) is 16.3. The summed E-state index contributed by atoms with van der Waals surface area (Å²) < 4.78 is 0. The van der Waals surface area contributed by atoms with Crippen molar-refractivity contribution in [2.75, 3.05) is 7.05 Å². The molecule has 2 N–H and O–H groups in total. The summed E-state index contributed by atoms with van der Waals surface area (Å²) in [6.45, 7) is 0.680. The summed E-state index contributed by atoms with van der Waals surface area (Å²) in [6.07, 6.45) is 6.51. The Morgan fingerprint density at radius 2 is 2.00 bits per heavy atom. The van der Waals surface area contributed by atoms with Gasteiger partial charge in [0.2, 0.25) is 0 Å². The molecular weight excluding hydrogens is 373 g/mol. The molecule has 0 heterocycles. The molecule has 0 spiro atoms. The Balaban J connectivity index is 0.00000180. The number of guanidine groups is 1. The van der Waals surface area contributed by atoms with E-state index in [9.17, 15) is 0 Å². The highest BCUT2D eigenvalue weighted by atomic mass is 127. The van der Waals surface area contributed by atoms with Crippen molar-refractivity contribution in [3.63, 3.8) is 0 Å². The van der Waals surface area contributed by atoms with Gasteiger partial charge in [0.05, 0.1) is 0 Å². The molecule has 19 heavy (non-hydrogen) atoms. The highest BCUT2D eigenvalue weighted by Gasteiger charge is 2.11. The van der Waals surface area contributed by atoms with Crippen molar-refractivity contribution in [1.29, 1.82) is 0 Å².